The van der Waals surface area contributed by atoms with Crippen LogP contribution in [0.25, 0.3) is 16.8 Å². The van der Waals surface area contributed by atoms with Crippen LogP contribution < -0.4 is 5.73 Å². The van der Waals surface area contributed by atoms with Crippen LogP contribution >= 0.6 is 11.6 Å². The number of pyridine rings is 1. The van der Waals surface area contributed by atoms with E-state index >= 15 is 0 Å². The number of carbonyl (C=O) groups is 1. The van der Waals surface area contributed by atoms with Gasteiger partial charge in [-0.15, -0.1) is 0 Å². The van der Waals surface area contributed by atoms with Gasteiger partial charge in [-0.05, 0) is 18.2 Å². The zero-order valence-corrected chi connectivity index (χ0v) is 15.7. The van der Waals surface area contributed by atoms with Gasteiger partial charge in [-0.1, -0.05) is 30.3 Å². The van der Waals surface area contributed by atoms with Gasteiger partial charge in [0, 0.05) is 43.2 Å². The number of anilines is 1. The molecule has 0 aliphatic carbocycles. The van der Waals surface area contributed by atoms with Crippen molar-refractivity contribution in [2.24, 2.45) is 0 Å². The lowest BCUT2D eigenvalue weighted by Crippen LogP contribution is -2.22. The third-order valence-corrected chi connectivity index (χ3v) is 4.32. The van der Waals surface area contributed by atoms with Crippen LogP contribution in [0.15, 0.2) is 55.5 Å². The Balaban J connectivity index is 2.05. The molecule has 2 N–H and O–H groups in total. The molecule has 1 aromatic carbocycles. The van der Waals surface area contributed by atoms with Gasteiger partial charge in [0.25, 0.3) is 5.91 Å². The van der Waals surface area contributed by atoms with Crippen molar-refractivity contribution in [3.8, 4) is 11.3 Å². The van der Waals surface area contributed by atoms with Gasteiger partial charge < -0.3 is 10.6 Å². The Morgan fingerprint density at radius 3 is 2.67 bits per heavy atom. The van der Waals surface area contributed by atoms with Crippen LogP contribution in [-0.2, 0) is 0 Å². The molecule has 0 saturated heterocycles. The third-order valence-electron chi connectivity index (χ3n) is 4.00. The summed E-state index contributed by atoms with van der Waals surface area (Å²) in [4.78, 5) is 26.7. The summed E-state index contributed by atoms with van der Waals surface area (Å²) in [6, 6.07) is 8.83. The highest BCUT2D eigenvalue weighted by molar-refractivity contribution is 6.34. The minimum absolute atomic E-state index is 0.190. The molecule has 0 radical (unpaired) electrons. The summed E-state index contributed by atoms with van der Waals surface area (Å²) in [7, 11) is 3.34. The number of aromatic nitrogens is 3. The lowest BCUT2D eigenvalue weighted by atomic mass is 10.0. The fourth-order valence-electron chi connectivity index (χ4n) is 2.53. The largest absolute Gasteiger partial charge is 0.382 e. The molecule has 27 heavy (non-hydrogen) atoms. The molecule has 2 heterocycles. The van der Waals surface area contributed by atoms with E-state index in [0.717, 1.165) is 5.56 Å². The van der Waals surface area contributed by atoms with Gasteiger partial charge >= 0.3 is 0 Å². The lowest BCUT2D eigenvalue weighted by molar-refractivity contribution is 0.0828. The molecule has 6 nitrogen and oxygen atoms in total. The summed E-state index contributed by atoms with van der Waals surface area (Å²) in [5.41, 5.74) is 9.56. The Labute approximate surface area is 162 Å². The van der Waals surface area contributed by atoms with Crippen LogP contribution in [0.5, 0.6) is 0 Å². The maximum absolute atomic E-state index is 12.3. The quantitative estimate of drug-likeness (QED) is 0.749. The van der Waals surface area contributed by atoms with E-state index in [1.54, 1.807) is 50.9 Å². The Hall–Kier alpha value is -3.25. The standard InChI is InChI=1S/C20H18ClN5O/c1-12(14-5-4-8-23-10-14)18-19(22)24-11-17(25-18)13-6-7-16(21)15(9-13)20(27)26(2)3/h4-11H,1H2,2-3H3,(H2,22,24). The molecule has 0 atom stereocenters. The van der Waals surface area contributed by atoms with Crippen LogP contribution in [0.1, 0.15) is 21.6 Å². The van der Waals surface area contributed by atoms with Crippen LogP contribution in [0.4, 0.5) is 5.82 Å². The topological polar surface area (TPSA) is 85.0 Å². The molecule has 1 amide bonds. The van der Waals surface area contributed by atoms with E-state index in [-0.39, 0.29) is 11.7 Å². The van der Waals surface area contributed by atoms with Crippen molar-refractivity contribution in [3.05, 3.63) is 77.3 Å². The number of benzene rings is 1. The number of hydrogen-bond acceptors (Lipinski definition) is 5. The number of nitrogen functional groups attached to an aromatic ring is 1. The maximum atomic E-state index is 12.3. The molecule has 136 valence electrons. The highest BCUT2D eigenvalue weighted by Gasteiger charge is 2.16. The molecule has 0 spiro atoms. The second-order valence-corrected chi connectivity index (χ2v) is 6.51. The number of carbonyl (C=O) groups excluding carboxylic acids is 1. The van der Waals surface area contributed by atoms with Gasteiger partial charge in [0.1, 0.15) is 11.5 Å². The highest BCUT2D eigenvalue weighted by Crippen LogP contribution is 2.28. The fraction of sp³-hybridized carbons (Fsp3) is 0.100. The molecule has 3 aromatic rings. The molecule has 0 fully saturated rings. The smallest absolute Gasteiger partial charge is 0.254 e. The summed E-state index contributed by atoms with van der Waals surface area (Å²) in [6.07, 6.45) is 4.92. The monoisotopic (exact) mass is 379 g/mol. The average molecular weight is 380 g/mol. The van der Waals surface area contributed by atoms with Crippen LogP contribution in [0.3, 0.4) is 0 Å². The number of hydrogen-bond donors (Lipinski definition) is 1. The van der Waals surface area contributed by atoms with Crippen LogP contribution in [0, 0.1) is 0 Å². The lowest BCUT2D eigenvalue weighted by Gasteiger charge is -2.13. The Bertz CT molecular complexity index is 1020. The SMILES string of the molecule is C=C(c1cccnc1)c1nc(-c2ccc(Cl)c(C(=O)N(C)C)c2)cnc1N. The first-order chi connectivity index (χ1) is 12.9. The molecular formula is C20H18ClN5O. The first-order valence-corrected chi connectivity index (χ1v) is 8.50. The van der Waals surface area contributed by atoms with E-state index in [1.165, 1.54) is 4.90 Å². The Morgan fingerprint density at radius 2 is 2.00 bits per heavy atom. The van der Waals surface area contributed by atoms with E-state index in [2.05, 4.69) is 21.5 Å². The number of nitrogens with two attached hydrogens (primary N) is 1. The van der Waals surface area contributed by atoms with E-state index in [0.29, 0.717) is 33.1 Å². The van der Waals surface area contributed by atoms with Crippen LogP contribution in [0.2, 0.25) is 5.02 Å². The van der Waals surface area contributed by atoms with Gasteiger partial charge in [0.2, 0.25) is 0 Å². The minimum Gasteiger partial charge on any atom is -0.382 e. The van der Waals surface area contributed by atoms with Gasteiger partial charge in [0.05, 0.1) is 22.5 Å². The Morgan fingerprint density at radius 1 is 1.22 bits per heavy atom. The summed E-state index contributed by atoms with van der Waals surface area (Å²) < 4.78 is 0. The normalized spacial score (nSPS) is 10.5. The molecule has 0 bridgehead atoms. The van der Waals surface area contributed by atoms with Crippen LogP contribution in [-0.4, -0.2) is 39.9 Å². The van der Waals surface area contributed by atoms with Gasteiger partial charge in [-0.25, -0.2) is 9.97 Å². The first-order valence-electron chi connectivity index (χ1n) is 8.12. The third kappa shape index (κ3) is 3.80. The van der Waals surface area contributed by atoms with E-state index in [9.17, 15) is 4.79 Å². The fourth-order valence-corrected chi connectivity index (χ4v) is 2.73. The van der Waals surface area contributed by atoms with Crippen molar-refractivity contribution in [1.82, 2.24) is 19.9 Å². The average Bonchev–Trinajstić information content (AvgIpc) is 2.68. The second kappa shape index (κ2) is 7.55. The summed E-state index contributed by atoms with van der Waals surface area (Å²) in [5.74, 6) is 0.0800. The first kappa shape index (κ1) is 18.5. The van der Waals surface area contributed by atoms with Gasteiger partial charge in [-0.2, -0.15) is 0 Å². The second-order valence-electron chi connectivity index (χ2n) is 6.10. The van der Waals surface area contributed by atoms with Gasteiger partial charge in [0.15, 0.2) is 0 Å². The van der Waals surface area contributed by atoms with Crippen molar-refractivity contribution in [1.29, 1.82) is 0 Å². The van der Waals surface area contributed by atoms with E-state index in [1.807, 2.05) is 12.1 Å². The predicted molar refractivity (Wildman–Crippen MR) is 107 cm³/mol. The minimum atomic E-state index is -0.190. The van der Waals surface area contributed by atoms with E-state index in [4.69, 9.17) is 17.3 Å². The Kier molecular flexibility index (Phi) is 5.19. The summed E-state index contributed by atoms with van der Waals surface area (Å²) >= 11 is 6.19. The molecular weight excluding hydrogens is 362 g/mol. The number of amides is 1. The van der Waals surface area contributed by atoms with Crippen molar-refractivity contribution in [2.45, 2.75) is 0 Å². The van der Waals surface area contributed by atoms with Gasteiger partial charge in [-0.3, -0.25) is 9.78 Å². The van der Waals surface area contributed by atoms with Crippen molar-refractivity contribution >= 4 is 28.9 Å². The molecule has 3 rings (SSSR count). The highest BCUT2D eigenvalue weighted by atomic mass is 35.5. The van der Waals surface area contributed by atoms with Crippen molar-refractivity contribution in [2.75, 3.05) is 19.8 Å². The molecule has 7 heteroatoms. The molecule has 2 aromatic heterocycles. The number of rotatable bonds is 4. The van der Waals surface area contributed by atoms with E-state index < -0.39 is 0 Å². The maximum Gasteiger partial charge on any atom is 0.254 e. The van der Waals surface area contributed by atoms with Crippen molar-refractivity contribution in [3.63, 3.8) is 0 Å². The number of nitrogens with zero attached hydrogens (tertiary/aromatic N) is 4. The molecule has 0 unspecified atom stereocenters. The zero-order valence-electron chi connectivity index (χ0n) is 15.0. The summed E-state index contributed by atoms with van der Waals surface area (Å²) in [6.45, 7) is 4.07. The molecule has 0 aliphatic heterocycles. The summed E-state index contributed by atoms with van der Waals surface area (Å²) in [5, 5.41) is 0.376. The van der Waals surface area contributed by atoms with Crippen molar-refractivity contribution < 1.29 is 4.79 Å². The zero-order chi connectivity index (χ0) is 19.6. The number of halogens is 1. The molecule has 0 aliphatic rings. The predicted octanol–water partition coefficient (Wildman–Crippen LogP) is 3.54. The molecule has 0 saturated carbocycles.